The van der Waals surface area contributed by atoms with Gasteiger partial charge in [0.25, 0.3) is 4.92 Å². The molecule has 0 aliphatic carbocycles. The van der Waals surface area contributed by atoms with Crippen LogP contribution in [-0.4, -0.2) is 37.5 Å². The van der Waals surface area contributed by atoms with Gasteiger partial charge in [-0.25, -0.2) is 9.63 Å². The van der Waals surface area contributed by atoms with E-state index in [1.54, 1.807) is 0 Å². The molecule has 1 atom stereocenters. The maximum Gasteiger partial charge on any atom is 0.514 e. The molecule has 1 unspecified atom stereocenters. The molecular weight excluding hydrogens is 254 g/mol. The van der Waals surface area contributed by atoms with Crippen molar-refractivity contribution in [1.82, 2.24) is 0 Å². The minimum atomic E-state index is -0.783. The van der Waals surface area contributed by atoms with Crippen molar-refractivity contribution in [3.8, 4) is 5.75 Å². The van der Waals surface area contributed by atoms with Crippen molar-refractivity contribution >= 4 is 11.8 Å². The van der Waals surface area contributed by atoms with Gasteiger partial charge in [0.2, 0.25) is 0 Å². The van der Waals surface area contributed by atoms with Gasteiger partial charge < -0.3 is 14.2 Å². The van der Waals surface area contributed by atoms with Crippen LogP contribution in [-0.2, 0) is 14.3 Å². The lowest BCUT2D eigenvalue weighted by Gasteiger charge is -2.09. The van der Waals surface area contributed by atoms with Crippen LogP contribution in [0.25, 0.3) is 0 Å². The zero-order valence-corrected chi connectivity index (χ0v) is 10.4. The molecule has 19 heavy (non-hydrogen) atoms. The zero-order valence-electron chi connectivity index (χ0n) is 10.4. The Morgan fingerprint density at radius 2 is 2.11 bits per heavy atom. The normalized spacial score (nSPS) is 17.8. The monoisotopic (exact) mass is 268 g/mol. The van der Waals surface area contributed by atoms with E-state index in [-0.39, 0.29) is 11.9 Å². The van der Waals surface area contributed by atoms with Crippen molar-refractivity contribution < 1.29 is 28.8 Å². The lowest BCUT2D eigenvalue weighted by molar-refractivity contribution is -0.736. The smallest absolute Gasteiger partial charge is 0.428 e. The Hall–Kier alpha value is -2.15. The fourth-order valence-electron chi connectivity index (χ4n) is 1.60. The van der Waals surface area contributed by atoms with Gasteiger partial charge in [-0.1, -0.05) is 0 Å². The van der Waals surface area contributed by atoms with E-state index in [1.807, 2.05) is 0 Å². The first-order chi connectivity index (χ1) is 9.19. The topological polar surface area (TPSA) is 74.1 Å². The van der Waals surface area contributed by atoms with E-state index in [0.29, 0.717) is 30.2 Å². The molecule has 1 heterocycles. The number of hydrogen-bond donors (Lipinski definition) is 0. The predicted molar refractivity (Wildman–Crippen MR) is 63.1 cm³/mol. The Morgan fingerprint density at radius 1 is 1.37 bits per heavy atom. The molecule has 1 saturated heterocycles. The zero-order chi connectivity index (χ0) is 13.7. The van der Waals surface area contributed by atoms with Crippen LogP contribution in [0.15, 0.2) is 24.3 Å². The minimum absolute atomic E-state index is 0.252. The van der Waals surface area contributed by atoms with Gasteiger partial charge in [0.1, 0.15) is 11.9 Å². The Kier molecular flexibility index (Phi) is 4.30. The third-order valence-electron chi connectivity index (χ3n) is 2.57. The van der Waals surface area contributed by atoms with E-state index < -0.39 is 6.16 Å². The van der Waals surface area contributed by atoms with Crippen molar-refractivity contribution in [1.29, 1.82) is 0 Å². The molecule has 0 amide bonds. The second-order valence-corrected chi connectivity index (χ2v) is 3.89. The SMILES string of the molecule is CO[N+](=O)c1ccc(OC(=O)OC2CCOC2)cc1. The van der Waals surface area contributed by atoms with Gasteiger partial charge in [-0.15, -0.1) is 0 Å². The summed E-state index contributed by atoms with van der Waals surface area (Å²) in [5, 5.41) is 0. The molecule has 1 fully saturated rings. The van der Waals surface area contributed by atoms with Crippen molar-refractivity contribution in [2.75, 3.05) is 20.3 Å². The highest BCUT2D eigenvalue weighted by Crippen LogP contribution is 2.19. The number of carbonyl (C=O) groups is 1. The van der Waals surface area contributed by atoms with Crippen LogP contribution < -0.4 is 4.74 Å². The van der Waals surface area contributed by atoms with Crippen molar-refractivity contribution in [2.45, 2.75) is 12.5 Å². The summed E-state index contributed by atoms with van der Waals surface area (Å²) in [7, 11) is 1.26. The average molecular weight is 268 g/mol. The van der Waals surface area contributed by atoms with Crippen LogP contribution in [0.4, 0.5) is 10.5 Å². The second-order valence-electron chi connectivity index (χ2n) is 3.89. The molecule has 0 radical (unpaired) electrons. The van der Waals surface area contributed by atoms with Gasteiger partial charge in [-0.2, -0.15) is 0 Å². The van der Waals surface area contributed by atoms with Crippen LogP contribution in [0.2, 0.25) is 0 Å². The quantitative estimate of drug-likeness (QED) is 0.472. The summed E-state index contributed by atoms with van der Waals surface area (Å²) in [6, 6.07) is 5.90. The number of rotatable bonds is 4. The van der Waals surface area contributed by atoms with E-state index in [4.69, 9.17) is 14.2 Å². The van der Waals surface area contributed by atoms with Crippen LogP contribution >= 0.6 is 0 Å². The molecule has 0 saturated carbocycles. The summed E-state index contributed by atoms with van der Waals surface area (Å²) in [4.78, 5) is 27.4. The molecule has 7 nitrogen and oxygen atoms in total. The first-order valence-corrected chi connectivity index (χ1v) is 5.76. The number of hydrogen-bond acceptors (Lipinski definition) is 6. The molecule has 102 valence electrons. The Bertz CT molecular complexity index is 452. The molecule has 0 bridgehead atoms. The molecule has 1 aromatic carbocycles. The molecule has 0 N–H and O–H groups in total. The van der Waals surface area contributed by atoms with Crippen molar-refractivity contribution in [2.24, 2.45) is 0 Å². The van der Waals surface area contributed by atoms with Crippen molar-refractivity contribution in [3.63, 3.8) is 0 Å². The highest BCUT2D eigenvalue weighted by molar-refractivity contribution is 5.64. The highest BCUT2D eigenvalue weighted by Gasteiger charge is 2.21. The van der Waals surface area contributed by atoms with Gasteiger partial charge in [-0.3, -0.25) is 0 Å². The number of carbonyl (C=O) groups excluding carboxylic acids is 1. The Balaban J connectivity index is 1.88. The fraction of sp³-hybridized carbons (Fsp3) is 0.417. The lowest BCUT2D eigenvalue weighted by atomic mass is 10.3. The van der Waals surface area contributed by atoms with Gasteiger partial charge in [0.15, 0.2) is 7.11 Å². The van der Waals surface area contributed by atoms with Crippen molar-refractivity contribution in [3.05, 3.63) is 29.2 Å². The van der Waals surface area contributed by atoms with Crippen LogP contribution in [0.5, 0.6) is 5.75 Å². The van der Waals surface area contributed by atoms with Crippen LogP contribution in [0, 0.1) is 4.91 Å². The van der Waals surface area contributed by atoms with E-state index >= 15 is 0 Å². The maximum absolute atomic E-state index is 11.4. The molecule has 1 aliphatic rings. The third kappa shape index (κ3) is 3.65. The van der Waals surface area contributed by atoms with E-state index in [2.05, 4.69) is 4.84 Å². The lowest BCUT2D eigenvalue weighted by Crippen LogP contribution is -2.20. The van der Waals surface area contributed by atoms with Crippen LogP contribution in [0.1, 0.15) is 6.42 Å². The summed E-state index contributed by atoms with van der Waals surface area (Å²) in [6.45, 7) is 0.982. The van der Waals surface area contributed by atoms with Gasteiger partial charge >= 0.3 is 11.8 Å². The summed E-state index contributed by atoms with van der Waals surface area (Å²) in [5.41, 5.74) is 0.299. The third-order valence-corrected chi connectivity index (χ3v) is 2.57. The molecule has 0 spiro atoms. The van der Waals surface area contributed by atoms with Gasteiger partial charge in [0, 0.05) is 18.6 Å². The Morgan fingerprint density at radius 3 is 2.68 bits per heavy atom. The van der Waals surface area contributed by atoms with Gasteiger partial charge in [0.05, 0.1) is 18.1 Å². The maximum atomic E-state index is 11.4. The van der Waals surface area contributed by atoms with E-state index in [0.717, 1.165) is 0 Å². The first kappa shape index (κ1) is 13.3. The summed E-state index contributed by atoms with van der Waals surface area (Å²) < 4.78 is 15.1. The largest absolute Gasteiger partial charge is 0.514 e. The highest BCUT2D eigenvalue weighted by atomic mass is 16.8. The summed E-state index contributed by atoms with van der Waals surface area (Å²) in [5.74, 6) is 0.289. The molecule has 0 aromatic heterocycles. The minimum Gasteiger partial charge on any atom is -0.428 e. The molecule has 7 heteroatoms. The Labute approximate surface area is 109 Å². The number of nitrogens with zero attached hydrogens (tertiary/aromatic N) is 1. The molecule has 2 rings (SSSR count). The van der Waals surface area contributed by atoms with Crippen LogP contribution in [0.3, 0.4) is 0 Å². The van der Waals surface area contributed by atoms with E-state index in [9.17, 15) is 9.70 Å². The predicted octanol–water partition coefficient (Wildman–Crippen LogP) is 1.96. The number of ether oxygens (including phenoxy) is 3. The van der Waals surface area contributed by atoms with Gasteiger partial charge in [-0.05, 0) is 12.1 Å². The summed E-state index contributed by atoms with van der Waals surface area (Å²) >= 11 is 0. The fourth-order valence-corrected chi connectivity index (χ4v) is 1.60. The summed E-state index contributed by atoms with van der Waals surface area (Å²) in [6.07, 6.45) is -0.362. The molecule has 1 aliphatic heterocycles. The first-order valence-electron chi connectivity index (χ1n) is 5.76. The van der Waals surface area contributed by atoms with E-state index in [1.165, 1.54) is 31.4 Å². The number of benzene rings is 1. The standard InChI is InChI=1S/C12H14NO6/c1-16-13(15)9-2-4-10(5-3-9)18-12(14)19-11-6-7-17-8-11/h2-5,11H,6-8H2,1H3/q+1. The second kappa shape index (κ2) is 6.14. The average Bonchev–Trinajstić information content (AvgIpc) is 2.91. The molecular formula is C12H14NO6+. The molecule has 1 aromatic rings.